The first-order valence-corrected chi connectivity index (χ1v) is 7.34. The molecular weight excluding hydrogens is 242 g/mol. The second-order valence-corrected chi connectivity index (χ2v) is 5.55. The summed E-state index contributed by atoms with van der Waals surface area (Å²) in [6.45, 7) is 0. The number of hydrogen-bond acceptors (Lipinski definition) is 1. The number of carbonyl (C=O) groups is 1. The molecule has 0 fully saturated rings. The van der Waals surface area contributed by atoms with Crippen LogP contribution < -0.4 is 0 Å². The van der Waals surface area contributed by atoms with Crippen LogP contribution in [0.15, 0.2) is 69.9 Å². The maximum Gasteiger partial charge on any atom is 0.256 e. The third-order valence-electron chi connectivity index (χ3n) is 2.52. The van der Waals surface area contributed by atoms with E-state index in [1.165, 1.54) is 0 Å². The number of nitrogens with zero attached hydrogens (tertiary/aromatic N) is 1. The molecule has 2 nitrogen and oxygen atoms in total. The van der Waals surface area contributed by atoms with E-state index in [9.17, 15) is 4.79 Å². The normalized spacial score (nSPS) is 12.3. The van der Waals surface area contributed by atoms with Gasteiger partial charge in [0, 0.05) is 4.90 Å². The molecule has 0 aliphatic heterocycles. The molecule has 1 atom stereocenters. The monoisotopic (exact) mass is 257 g/mol. The molecule has 1 unspecified atom stereocenters. The molecule has 0 aliphatic carbocycles. The van der Waals surface area contributed by atoms with Gasteiger partial charge in [-0.05, 0) is 24.0 Å². The lowest BCUT2D eigenvalue weighted by Crippen LogP contribution is -2.01. The standard InChI is InChI=1S/C15H15NOS/c1-18(14-10-6-3-7-11-14)16-15(17)12-13-8-4-2-5-9-13/h2-11H,12H2,1H3. The van der Waals surface area contributed by atoms with Gasteiger partial charge in [-0.2, -0.15) is 4.36 Å². The van der Waals surface area contributed by atoms with Crippen LogP contribution in [0.3, 0.4) is 0 Å². The van der Waals surface area contributed by atoms with Crippen LogP contribution in [0.1, 0.15) is 5.56 Å². The van der Waals surface area contributed by atoms with E-state index in [1.54, 1.807) is 0 Å². The topological polar surface area (TPSA) is 29.4 Å². The van der Waals surface area contributed by atoms with Crippen LogP contribution in [0.5, 0.6) is 0 Å². The van der Waals surface area contributed by atoms with Crippen LogP contribution in [0.2, 0.25) is 0 Å². The fraction of sp³-hybridized carbons (Fsp3) is 0.133. The van der Waals surface area contributed by atoms with Gasteiger partial charge in [0.25, 0.3) is 5.91 Å². The summed E-state index contributed by atoms with van der Waals surface area (Å²) in [4.78, 5) is 12.9. The maximum atomic E-state index is 11.8. The van der Waals surface area contributed by atoms with Crippen molar-refractivity contribution in [2.45, 2.75) is 11.3 Å². The van der Waals surface area contributed by atoms with Crippen molar-refractivity contribution >= 4 is 16.6 Å². The molecule has 18 heavy (non-hydrogen) atoms. The van der Waals surface area contributed by atoms with Crippen molar-refractivity contribution in [3.8, 4) is 0 Å². The molecule has 92 valence electrons. The van der Waals surface area contributed by atoms with Gasteiger partial charge in [0.1, 0.15) is 0 Å². The second-order valence-electron chi connectivity index (χ2n) is 3.94. The number of benzene rings is 2. The average molecular weight is 257 g/mol. The summed E-state index contributed by atoms with van der Waals surface area (Å²) >= 11 is 0. The Hall–Kier alpha value is -1.74. The zero-order valence-electron chi connectivity index (χ0n) is 10.2. The van der Waals surface area contributed by atoms with Gasteiger partial charge < -0.3 is 0 Å². The Balaban J connectivity index is 2.07. The van der Waals surface area contributed by atoms with E-state index in [0.29, 0.717) is 6.42 Å². The molecule has 0 spiro atoms. The highest BCUT2D eigenvalue weighted by Crippen LogP contribution is 2.07. The number of hydrogen-bond donors (Lipinski definition) is 0. The van der Waals surface area contributed by atoms with Crippen LogP contribution in [-0.2, 0) is 21.9 Å². The molecule has 3 heteroatoms. The fourth-order valence-corrected chi connectivity index (χ4v) is 2.65. The number of carbonyl (C=O) groups excluding carboxylic acids is 1. The van der Waals surface area contributed by atoms with Crippen molar-refractivity contribution in [3.63, 3.8) is 0 Å². The van der Waals surface area contributed by atoms with Crippen LogP contribution in [-0.4, -0.2) is 12.2 Å². The Morgan fingerprint density at radius 3 is 2.17 bits per heavy atom. The summed E-state index contributed by atoms with van der Waals surface area (Å²) in [6, 6.07) is 19.6. The largest absolute Gasteiger partial charge is 0.272 e. The van der Waals surface area contributed by atoms with Gasteiger partial charge in [-0.3, -0.25) is 4.79 Å². The molecule has 0 bridgehead atoms. The lowest BCUT2D eigenvalue weighted by molar-refractivity contribution is -0.116. The van der Waals surface area contributed by atoms with E-state index in [2.05, 4.69) is 4.36 Å². The SMILES string of the molecule is CS(=NC(=O)Cc1ccccc1)c1ccccc1. The van der Waals surface area contributed by atoms with Crippen molar-refractivity contribution in [2.75, 3.05) is 6.26 Å². The molecule has 0 N–H and O–H groups in total. The molecule has 2 rings (SSSR count). The highest BCUT2D eigenvalue weighted by molar-refractivity contribution is 7.86. The van der Waals surface area contributed by atoms with Gasteiger partial charge in [0.15, 0.2) is 0 Å². The lowest BCUT2D eigenvalue weighted by atomic mass is 10.1. The van der Waals surface area contributed by atoms with E-state index in [0.717, 1.165) is 10.5 Å². The van der Waals surface area contributed by atoms with E-state index < -0.39 is 0 Å². The van der Waals surface area contributed by atoms with Gasteiger partial charge in [0.05, 0.1) is 6.42 Å². The van der Waals surface area contributed by atoms with Gasteiger partial charge in [-0.1, -0.05) is 59.2 Å². The number of amides is 1. The Labute approximate surface area is 110 Å². The molecule has 0 heterocycles. The van der Waals surface area contributed by atoms with E-state index in [1.807, 2.05) is 66.9 Å². The predicted molar refractivity (Wildman–Crippen MR) is 75.6 cm³/mol. The summed E-state index contributed by atoms with van der Waals surface area (Å²) in [6.07, 6.45) is 2.35. The number of rotatable bonds is 3. The van der Waals surface area contributed by atoms with Gasteiger partial charge >= 0.3 is 0 Å². The Kier molecular flexibility index (Phi) is 4.42. The van der Waals surface area contributed by atoms with Crippen LogP contribution in [0.4, 0.5) is 0 Å². The Morgan fingerprint density at radius 2 is 1.56 bits per heavy atom. The molecule has 0 saturated carbocycles. The van der Waals surface area contributed by atoms with Crippen LogP contribution in [0.25, 0.3) is 0 Å². The summed E-state index contributed by atoms with van der Waals surface area (Å²) in [5.74, 6) is -0.0594. The van der Waals surface area contributed by atoms with Crippen molar-refractivity contribution in [2.24, 2.45) is 4.36 Å². The fourth-order valence-electron chi connectivity index (χ4n) is 1.63. The molecule has 0 aromatic heterocycles. The van der Waals surface area contributed by atoms with Crippen molar-refractivity contribution in [1.29, 1.82) is 0 Å². The van der Waals surface area contributed by atoms with Gasteiger partial charge in [-0.25, -0.2) is 0 Å². The van der Waals surface area contributed by atoms with Crippen LogP contribution in [0, 0.1) is 0 Å². The first-order valence-electron chi connectivity index (χ1n) is 5.75. The summed E-state index contributed by atoms with van der Waals surface area (Å²) in [7, 11) is -0.362. The van der Waals surface area contributed by atoms with E-state index in [4.69, 9.17) is 0 Å². The Morgan fingerprint density at radius 1 is 1.00 bits per heavy atom. The van der Waals surface area contributed by atoms with Crippen molar-refractivity contribution in [3.05, 3.63) is 66.2 Å². The maximum absolute atomic E-state index is 11.8. The van der Waals surface area contributed by atoms with Crippen molar-refractivity contribution < 1.29 is 4.79 Å². The molecule has 2 aromatic carbocycles. The Bertz CT molecular complexity index is 549. The minimum Gasteiger partial charge on any atom is -0.272 e. The summed E-state index contributed by atoms with van der Waals surface area (Å²) in [5.41, 5.74) is 1.01. The molecular formula is C15H15NOS. The first kappa shape index (κ1) is 12.7. The average Bonchev–Trinajstić information content (AvgIpc) is 2.40. The summed E-state index contributed by atoms with van der Waals surface area (Å²) in [5, 5.41) is 0. The highest BCUT2D eigenvalue weighted by atomic mass is 32.2. The van der Waals surface area contributed by atoms with Gasteiger partial charge in [-0.15, -0.1) is 0 Å². The zero-order valence-corrected chi connectivity index (χ0v) is 11.1. The first-order chi connectivity index (χ1) is 8.75. The second kappa shape index (κ2) is 6.26. The van der Waals surface area contributed by atoms with Gasteiger partial charge in [0.2, 0.25) is 0 Å². The summed E-state index contributed by atoms with van der Waals surface area (Å²) < 4.78 is 4.23. The predicted octanol–water partition coefficient (Wildman–Crippen LogP) is 3.25. The smallest absolute Gasteiger partial charge is 0.256 e. The van der Waals surface area contributed by atoms with E-state index in [-0.39, 0.29) is 16.6 Å². The third kappa shape index (κ3) is 3.64. The van der Waals surface area contributed by atoms with E-state index >= 15 is 0 Å². The van der Waals surface area contributed by atoms with Crippen molar-refractivity contribution in [1.82, 2.24) is 0 Å². The quantitative estimate of drug-likeness (QED) is 0.830. The molecule has 0 aliphatic rings. The minimum atomic E-state index is -0.362. The highest BCUT2D eigenvalue weighted by Gasteiger charge is 2.02. The molecule has 2 aromatic rings. The minimum absolute atomic E-state index is 0.0594. The zero-order chi connectivity index (χ0) is 12.8. The van der Waals surface area contributed by atoms with Crippen LogP contribution >= 0.6 is 0 Å². The molecule has 1 amide bonds. The third-order valence-corrected chi connectivity index (χ3v) is 3.95. The molecule has 0 radical (unpaired) electrons. The lowest BCUT2D eigenvalue weighted by Gasteiger charge is -2.01. The molecule has 0 saturated heterocycles.